The molecule has 6 heteroatoms. The monoisotopic (exact) mass is 381 g/mol. The van der Waals surface area contributed by atoms with Crippen LogP contribution in [-0.2, 0) is 11.3 Å². The zero-order valence-electron chi connectivity index (χ0n) is 14.9. The molecule has 2 N–H and O–H groups in total. The number of carbonyl (C=O) groups is 1. The Morgan fingerprint density at radius 2 is 1.85 bits per heavy atom. The molecule has 138 valence electrons. The summed E-state index contributed by atoms with van der Waals surface area (Å²) in [6.07, 6.45) is 0.270. The first kappa shape index (κ1) is 18.9. The standard InChI is InChI=1S/C21H20ClN3O2/c1-14-24-18(11-21(27)25-14)13-23-20(26)12-19(15-6-3-2-4-7-15)16-8-5-9-17(22)10-16/h2-11,19H,12-13H2,1H3,(H,23,26)(H,24,25,27)/t19-/m1/s1. The van der Waals surface area contributed by atoms with Gasteiger partial charge in [0, 0.05) is 23.4 Å². The third-order valence-electron chi connectivity index (χ3n) is 4.22. The Bertz CT molecular complexity index is 986. The number of nitrogens with zero attached hydrogens (tertiary/aromatic N) is 1. The molecule has 0 fully saturated rings. The Hall–Kier alpha value is -2.92. The SMILES string of the molecule is Cc1nc(CNC(=O)C[C@H](c2ccccc2)c2cccc(Cl)c2)cc(=O)[nH]1. The largest absolute Gasteiger partial charge is 0.350 e. The molecule has 3 aromatic rings. The summed E-state index contributed by atoms with van der Waals surface area (Å²) >= 11 is 6.14. The number of H-pyrrole nitrogens is 1. The van der Waals surface area contributed by atoms with Crippen molar-refractivity contribution in [2.24, 2.45) is 0 Å². The third-order valence-corrected chi connectivity index (χ3v) is 4.46. The van der Waals surface area contributed by atoms with Crippen LogP contribution in [0.5, 0.6) is 0 Å². The highest BCUT2D eigenvalue weighted by Gasteiger charge is 2.18. The molecule has 1 aromatic heterocycles. The first-order valence-corrected chi connectivity index (χ1v) is 9.03. The molecule has 0 radical (unpaired) electrons. The Kier molecular flexibility index (Phi) is 6.04. The molecular weight excluding hydrogens is 362 g/mol. The van der Waals surface area contributed by atoms with Gasteiger partial charge in [0.05, 0.1) is 12.2 Å². The van der Waals surface area contributed by atoms with Crippen LogP contribution in [0.25, 0.3) is 0 Å². The third kappa shape index (κ3) is 5.28. The summed E-state index contributed by atoms with van der Waals surface area (Å²) in [4.78, 5) is 30.9. The van der Waals surface area contributed by atoms with Gasteiger partial charge in [-0.1, -0.05) is 54.1 Å². The summed E-state index contributed by atoms with van der Waals surface area (Å²) < 4.78 is 0. The van der Waals surface area contributed by atoms with Crippen LogP contribution >= 0.6 is 11.6 Å². The van der Waals surface area contributed by atoms with E-state index in [9.17, 15) is 9.59 Å². The molecule has 0 aliphatic heterocycles. The van der Waals surface area contributed by atoms with Gasteiger partial charge in [0.25, 0.3) is 5.56 Å². The summed E-state index contributed by atoms with van der Waals surface area (Å²) in [5.41, 5.74) is 2.32. The van der Waals surface area contributed by atoms with Crippen molar-refractivity contribution in [2.45, 2.75) is 25.8 Å². The number of rotatable bonds is 6. The molecule has 0 unspecified atom stereocenters. The number of nitrogens with one attached hydrogen (secondary N) is 2. The van der Waals surface area contributed by atoms with Gasteiger partial charge in [-0.2, -0.15) is 0 Å². The van der Waals surface area contributed by atoms with Crippen molar-refractivity contribution in [3.8, 4) is 0 Å². The molecule has 1 heterocycles. The van der Waals surface area contributed by atoms with Crippen LogP contribution < -0.4 is 10.9 Å². The molecule has 0 saturated carbocycles. The fourth-order valence-corrected chi connectivity index (χ4v) is 3.21. The Morgan fingerprint density at radius 1 is 1.11 bits per heavy atom. The lowest BCUT2D eigenvalue weighted by molar-refractivity contribution is -0.121. The van der Waals surface area contributed by atoms with Crippen molar-refractivity contribution >= 4 is 17.5 Å². The number of benzene rings is 2. The van der Waals surface area contributed by atoms with Crippen LogP contribution in [0.15, 0.2) is 65.5 Å². The minimum atomic E-state index is -0.229. The van der Waals surface area contributed by atoms with Gasteiger partial charge >= 0.3 is 0 Å². The van der Waals surface area contributed by atoms with Crippen LogP contribution in [0.4, 0.5) is 0 Å². The number of hydrogen-bond donors (Lipinski definition) is 2. The van der Waals surface area contributed by atoms with Crippen molar-refractivity contribution in [1.82, 2.24) is 15.3 Å². The van der Waals surface area contributed by atoms with E-state index in [1.54, 1.807) is 6.92 Å². The minimum Gasteiger partial charge on any atom is -0.350 e. The predicted octanol–water partition coefficient (Wildman–Crippen LogP) is 3.57. The number of carbonyl (C=O) groups excluding carboxylic acids is 1. The molecule has 0 aliphatic carbocycles. The zero-order chi connectivity index (χ0) is 19.2. The van der Waals surface area contributed by atoms with Crippen molar-refractivity contribution in [2.75, 3.05) is 0 Å². The second-order valence-electron chi connectivity index (χ2n) is 6.32. The Labute approximate surface area is 162 Å². The molecule has 27 heavy (non-hydrogen) atoms. The molecule has 0 saturated heterocycles. The maximum absolute atomic E-state index is 12.6. The van der Waals surface area contributed by atoms with Gasteiger partial charge in [-0.05, 0) is 30.2 Å². The van der Waals surface area contributed by atoms with E-state index in [0.29, 0.717) is 16.5 Å². The van der Waals surface area contributed by atoms with E-state index in [1.165, 1.54) is 6.07 Å². The zero-order valence-corrected chi connectivity index (χ0v) is 15.7. The van der Waals surface area contributed by atoms with Crippen LogP contribution in [0.3, 0.4) is 0 Å². The van der Waals surface area contributed by atoms with E-state index in [1.807, 2.05) is 54.6 Å². The summed E-state index contributed by atoms with van der Waals surface area (Å²) in [6.45, 7) is 1.91. The van der Waals surface area contributed by atoms with Crippen LogP contribution in [0.1, 0.15) is 35.0 Å². The number of amides is 1. The van der Waals surface area contributed by atoms with Gasteiger partial charge in [-0.15, -0.1) is 0 Å². The molecule has 1 atom stereocenters. The van der Waals surface area contributed by atoms with Crippen molar-refractivity contribution in [1.29, 1.82) is 0 Å². The summed E-state index contributed by atoms with van der Waals surface area (Å²) in [5, 5.41) is 3.49. The molecule has 1 amide bonds. The average molecular weight is 382 g/mol. The molecule has 0 aliphatic rings. The lowest BCUT2D eigenvalue weighted by Crippen LogP contribution is -2.26. The van der Waals surface area contributed by atoms with E-state index in [-0.39, 0.29) is 30.3 Å². The number of halogens is 1. The second-order valence-corrected chi connectivity index (χ2v) is 6.76. The number of aromatic amines is 1. The summed E-state index contributed by atoms with van der Waals surface area (Å²) in [6, 6.07) is 18.8. The van der Waals surface area contributed by atoms with E-state index >= 15 is 0 Å². The van der Waals surface area contributed by atoms with Crippen molar-refractivity contribution in [3.05, 3.63) is 98.7 Å². The number of aromatic nitrogens is 2. The lowest BCUT2D eigenvalue weighted by atomic mass is 9.88. The Balaban J connectivity index is 1.75. The van der Waals surface area contributed by atoms with Gasteiger partial charge in [0.2, 0.25) is 5.91 Å². The lowest BCUT2D eigenvalue weighted by Gasteiger charge is -2.18. The fraction of sp³-hybridized carbons (Fsp3) is 0.190. The molecule has 3 rings (SSSR count). The van der Waals surface area contributed by atoms with E-state index in [2.05, 4.69) is 15.3 Å². The van der Waals surface area contributed by atoms with Gasteiger partial charge in [0.1, 0.15) is 5.82 Å². The summed E-state index contributed by atoms with van der Waals surface area (Å²) in [5.74, 6) is 0.287. The highest BCUT2D eigenvalue weighted by Crippen LogP contribution is 2.29. The van der Waals surface area contributed by atoms with Crippen molar-refractivity contribution in [3.63, 3.8) is 0 Å². The fourth-order valence-electron chi connectivity index (χ4n) is 3.02. The highest BCUT2D eigenvalue weighted by molar-refractivity contribution is 6.30. The number of hydrogen-bond acceptors (Lipinski definition) is 3. The topological polar surface area (TPSA) is 74.8 Å². The normalized spacial score (nSPS) is 11.8. The minimum absolute atomic E-state index is 0.112. The number of aryl methyl sites for hydroxylation is 1. The van der Waals surface area contributed by atoms with E-state index < -0.39 is 0 Å². The maximum Gasteiger partial charge on any atom is 0.251 e. The molecule has 5 nitrogen and oxygen atoms in total. The Morgan fingerprint density at radius 3 is 2.56 bits per heavy atom. The maximum atomic E-state index is 12.6. The van der Waals surface area contributed by atoms with Crippen LogP contribution in [0, 0.1) is 6.92 Å². The first-order valence-electron chi connectivity index (χ1n) is 8.65. The van der Waals surface area contributed by atoms with E-state index in [4.69, 9.17) is 11.6 Å². The van der Waals surface area contributed by atoms with E-state index in [0.717, 1.165) is 11.1 Å². The predicted molar refractivity (Wildman–Crippen MR) is 106 cm³/mol. The van der Waals surface area contributed by atoms with Gasteiger partial charge in [-0.3, -0.25) is 9.59 Å². The average Bonchev–Trinajstić information content (AvgIpc) is 2.64. The molecule has 0 bridgehead atoms. The van der Waals surface area contributed by atoms with Gasteiger partial charge < -0.3 is 10.3 Å². The van der Waals surface area contributed by atoms with Crippen LogP contribution in [0.2, 0.25) is 5.02 Å². The second kappa shape index (κ2) is 8.64. The molecular formula is C21H20ClN3O2. The summed E-state index contributed by atoms with van der Waals surface area (Å²) in [7, 11) is 0. The quantitative estimate of drug-likeness (QED) is 0.685. The molecule has 0 spiro atoms. The van der Waals surface area contributed by atoms with Crippen LogP contribution in [-0.4, -0.2) is 15.9 Å². The van der Waals surface area contributed by atoms with Gasteiger partial charge in [0.15, 0.2) is 0 Å². The van der Waals surface area contributed by atoms with Crippen molar-refractivity contribution < 1.29 is 4.79 Å². The first-order chi connectivity index (χ1) is 13.0. The molecule has 2 aromatic carbocycles. The smallest absolute Gasteiger partial charge is 0.251 e. The highest BCUT2D eigenvalue weighted by atomic mass is 35.5. The van der Waals surface area contributed by atoms with Gasteiger partial charge in [-0.25, -0.2) is 4.98 Å².